The Morgan fingerprint density at radius 2 is 1.92 bits per heavy atom. The highest BCUT2D eigenvalue weighted by Crippen LogP contribution is 2.38. The normalized spacial score (nSPS) is 13.6. The molecule has 1 heterocycles. The van der Waals surface area contributed by atoms with Crippen LogP contribution in [0.15, 0.2) is 48.5 Å². The molecular weight excluding hydrogens is 324 g/mol. The van der Waals surface area contributed by atoms with Crippen LogP contribution in [0.4, 0.5) is 5.69 Å². The molecule has 1 atom stereocenters. The fourth-order valence-electron chi connectivity index (χ4n) is 2.49. The van der Waals surface area contributed by atoms with Crippen molar-refractivity contribution >= 4 is 17.7 Å². The lowest BCUT2D eigenvalue weighted by molar-refractivity contribution is -0.385. The second kappa shape index (κ2) is 7.04. The Hall–Kier alpha value is -3.35. The van der Waals surface area contributed by atoms with Crippen LogP contribution in [0.5, 0.6) is 11.5 Å². The molecule has 0 aromatic heterocycles. The Morgan fingerprint density at radius 3 is 2.60 bits per heavy atom. The molecule has 0 spiro atoms. The quantitative estimate of drug-likeness (QED) is 0.513. The molecule has 0 saturated carbocycles. The van der Waals surface area contributed by atoms with Gasteiger partial charge in [0, 0.05) is 6.08 Å². The van der Waals surface area contributed by atoms with Gasteiger partial charge < -0.3 is 14.8 Å². The number of hydrogen-bond donors (Lipinski definition) is 1. The van der Waals surface area contributed by atoms with Gasteiger partial charge in [0.1, 0.15) is 0 Å². The molecule has 1 aliphatic rings. The van der Waals surface area contributed by atoms with Crippen LogP contribution in [0.2, 0.25) is 0 Å². The minimum atomic E-state index is -0.522. The first-order valence-electron chi connectivity index (χ1n) is 7.66. The van der Waals surface area contributed by atoms with Crippen molar-refractivity contribution in [1.82, 2.24) is 5.32 Å². The van der Waals surface area contributed by atoms with Crippen LogP contribution < -0.4 is 14.8 Å². The zero-order valence-corrected chi connectivity index (χ0v) is 13.5. The van der Waals surface area contributed by atoms with Gasteiger partial charge in [0.2, 0.25) is 12.7 Å². The molecule has 0 bridgehead atoms. The molecule has 0 saturated heterocycles. The smallest absolute Gasteiger partial charge is 0.280 e. The van der Waals surface area contributed by atoms with Crippen LogP contribution in [0.25, 0.3) is 6.08 Å². The summed E-state index contributed by atoms with van der Waals surface area (Å²) in [7, 11) is 0. The predicted molar refractivity (Wildman–Crippen MR) is 91.3 cm³/mol. The Morgan fingerprint density at radius 1 is 1.24 bits per heavy atom. The minimum Gasteiger partial charge on any atom is -0.454 e. The number of fused-ring (bicyclic) bond motifs is 1. The van der Waals surface area contributed by atoms with Crippen molar-refractivity contribution in [3.8, 4) is 11.5 Å². The summed E-state index contributed by atoms with van der Waals surface area (Å²) in [6, 6.07) is 12.1. The SMILES string of the molecule is C[C@H](NC(=O)/C=C/c1cc2c(cc1[N+](=O)[O-])OCO2)c1ccccc1. The number of nitro groups is 1. The van der Waals surface area contributed by atoms with E-state index >= 15 is 0 Å². The van der Waals surface area contributed by atoms with E-state index < -0.39 is 4.92 Å². The summed E-state index contributed by atoms with van der Waals surface area (Å²) in [5.41, 5.74) is 1.10. The van der Waals surface area contributed by atoms with E-state index in [4.69, 9.17) is 9.47 Å². The van der Waals surface area contributed by atoms with Crippen molar-refractivity contribution in [2.75, 3.05) is 6.79 Å². The number of nitrogens with one attached hydrogen (secondary N) is 1. The summed E-state index contributed by atoms with van der Waals surface area (Å²) >= 11 is 0. The van der Waals surface area contributed by atoms with E-state index in [-0.39, 0.29) is 30.0 Å². The van der Waals surface area contributed by atoms with Crippen molar-refractivity contribution in [1.29, 1.82) is 0 Å². The summed E-state index contributed by atoms with van der Waals surface area (Å²) in [5.74, 6) is 0.401. The number of ether oxygens (including phenoxy) is 2. The van der Waals surface area contributed by atoms with Crippen LogP contribution in [0.3, 0.4) is 0 Å². The van der Waals surface area contributed by atoms with Crippen molar-refractivity contribution in [3.63, 3.8) is 0 Å². The molecule has 25 heavy (non-hydrogen) atoms. The lowest BCUT2D eigenvalue weighted by Crippen LogP contribution is -2.24. The van der Waals surface area contributed by atoms with Crippen LogP contribution in [0.1, 0.15) is 24.1 Å². The standard InChI is InChI=1S/C18H16N2O5/c1-12(13-5-3-2-4-6-13)19-18(21)8-7-14-9-16-17(25-11-24-16)10-15(14)20(22)23/h2-10,12H,11H2,1H3,(H,19,21)/b8-7+/t12-/m0/s1. The topological polar surface area (TPSA) is 90.7 Å². The zero-order valence-electron chi connectivity index (χ0n) is 13.5. The van der Waals surface area contributed by atoms with Crippen LogP contribution in [-0.2, 0) is 4.79 Å². The van der Waals surface area contributed by atoms with Gasteiger partial charge >= 0.3 is 0 Å². The van der Waals surface area contributed by atoms with E-state index in [1.54, 1.807) is 0 Å². The Bertz CT molecular complexity index is 833. The number of carbonyl (C=O) groups excluding carboxylic acids is 1. The molecular formula is C18H16N2O5. The third-order valence-electron chi connectivity index (χ3n) is 3.79. The second-order valence-electron chi connectivity index (χ2n) is 5.50. The van der Waals surface area contributed by atoms with Gasteiger partial charge in [-0.2, -0.15) is 0 Å². The van der Waals surface area contributed by atoms with Gasteiger partial charge in [0.05, 0.1) is 22.6 Å². The molecule has 2 aromatic carbocycles. The average molecular weight is 340 g/mol. The molecule has 0 fully saturated rings. The highest BCUT2D eigenvalue weighted by molar-refractivity contribution is 5.92. The molecule has 7 nitrogen and oxygen atoms in total. The Kier molecular flexibility index (Phi) is 4.65. The van der Waals surface area contributed by atoms with Crippen molar-refractivity contribution in [2.24, 2.45) is 0 Å². The monoisotopic (exact) mass is 340 g/mol. The number of benzene rings is 2. The largest absolute Gasteiger partial charge is 0.454 e. The first-order valence-corrected chi connectivity index (χ1v) is 7.66. The van der Waals surface area contributed by atoms with Crippen LogP contribution in [-0.4, -0.2) is 17.6 Å². The summed E-state index contributed by atoms with van der Waals surface area (Å²) in [5, 5.41) is 14.0. The molecule has 1 N–H and O–H groups in total. The van der Waals surface area contributed by atoms with E-state index in [0.29, 0.717) is 11.5 Å². The third kappa shape index (κ3) is 3.77. The molecule has 128 valence electrons. The van der Waals surface area contributed by atoms with Gasteiger partial charge in [-0.05, 0) is 24.6 Å². The first-order chi connectivity index (χ1) is 12.0. The van der Waals surface area contributed by atoms with E-state index in [1.807, 2.05) is 37.3 Å². The fraction of sp³-hybridized carbons (Fsp3) is 0.167. The molecule has 0 unspecified atom stereocenters. The fourth-order valence-corrected chi connectivity index (χ4v) is 2.49. The van der Waals surface area contributed by atoms with E-state index in [2.05, 4.69) is 5.32 Å². The summed E-state index contributed by atoms with van der Waals surface area (Å²) in [4.78, 5) is 22.8. The maximum absolute atomic E-state index is 12.1. The number of rotatable bonds is 5. The molecule has 1 amide bonds. The second-order valence-corrected chi connectivity index (χ2v) is 5.50. The lowest BCUT2D eigenvalue weighted by Gasteiger charge is -2.12. The number of amides is 1. The van der Waals surface area contributed by atoms with Gasteiger partial charge in [-0.15, -0.1) is 0 Å². The number of nitro benzene ring substituents is 1. The Labute approximate surface area is 144 Å². The van der Waals surface area contributed by atoms with Gasteiger partial charge in [-0.25, -0.2) is 0 Å². The maximum Gasteiger partial charge on any atom is 0.280 e. The van der Waals surface area contributed by atoms with Crippen molar-refractivity contribution in [2.45, 2.75) is 13.0 Å². The third-order valence-corrected chi connectivity index (χ3v) is 3.79. The highest BCUT2D eigenvalue weighted by atomic mass is 16.7. The minimum absolute atomic E-state index is 0.0226. The number of nitrogens with zero attached hydrogens (tertiary/aromatic N) is 1. The maximum atomic E-state index is 12.1. The highest BCUT2D eigenvalue weighted by Gasteiger charge is 2.22. The molecule has 2 aromatic rings. The van der Waals surface area contributed by atoms with E-state index in [0.717, 1.165) is 5.56 Å². The summed E-state index contributed by atoms with van der Waals surface area (Å²) in [6.45, 7) is 1.89. The predicted octanol–water partition coefficient (Wildman–Crippen LogP) is 3.21. The molecule has 7 heteroatoms. The van der Waals surface area contributed by atoms with Crippen LogP contribution in [0, 0.1) is 10.1 Å². The van der Waals surface area contributed by atoms with Gasteiger partial charge in [-0.3, -0.25) is 14.9 Å². The van der Waals surface area contributed by atoms with Crippen LogP contribution >= 0.6 is 0 Å². The van der Waals surface area contributed by atoms with Gasteiger partial charge in [-0.1, -0.05) is 30.3 Å². The van der Waals surface area contributed by atoms with Crippen molar-refractivity contribution < 1.29 is 19.2 Å². The van der Waals surface area contributed by atoms with Crippen molar-refractivity contribution in [3.05, 3.63) is 69.8 Å². The lowest BCUT2D eigenvalue weighted by atomic mass is 10.1. The molecule has 3 rings (SSSR count). The molecule has 1 aliphatic heterocycles. The van der Waals surface area contributed by atoms with E-state index in [9.17, 15) is 14.9 Å². The van der Waals surface area contributed by atoms with Gasteiger partial charge in [0.25, 0.3) is 5.69 Å². The average Bonchev–Trinajstić information content (AvgIpc) is 3.07. The molecule has 0 radical (unpaired) electrons. The van der Waals surface area contributed by atoms with Gasteiger partial charge in [0.15, 0.2) is 11.5 Å². The summed E-state index contributed by atoms with van der Waals surface area (Å²) < 4.78 is 10.4. The molecule has 0 aliphatic carbocycles. The summed E-state index contributed by atoms with van der Waals surface area (Å²) in [6.07, 6.45) is 2.66. The van der Waals surface area contributed by atoms with E-state index in [1.165, 1.54) is 24.3 Å². The number of hydrogen-bond acceptors (Lipinski definition) is 5. The number of carbonyl (C=O) groups is 1. The Balaban J connectivity index is 1.75. The first kappa shape index (κ1) is 16.5. The zero-order chi connectivity index (χ0) is 17.8.